The smallest absolute Gasteiger partial charge is 0.322 e. The highest BCUT2D eigenvalue weighted by molar-refractivity contribution is 5.91. The second-order valence-corrected chi connectivity index (χ2v) is 6.79. The van der Waals surface area contributed by atoms with Gasteiger partial charge in [0.1, 0.15) is 0 Å². The van der Waals surface area contributed by atoms with E-state index in [4.69, 9.17) is 9.47 Å². The molecule has 10 heteroatoms. The summed E-state index contributed by atoms with van der Waals surface area (Å²) in [4.78, 5) is 36.8. The number of amides is 3. The van der Waals surface area contributed by atoms with E-state index in [1.165, 1.54) is 0 Å². The monoisotopic (exact) mass is 386 g/mol. The van der Waals surface area contributed by atoms with Crippen LogP contribution in [0, 0.1) is 0 Å². The van der Waals surface area contributed by atoms with Crippen LogP contribution in [0.15, 0.2) is 36.9 Å². The lowest BCUT2D eigenvalue weighted by atomic mass is 10.1. The molecule has 0 bridgehead atoms. The normalized spacial score (nSPS) is 22.3. The zero-order chi connectivity index (χ0) is 19.6. The number of nitrogens with one attached hydrogen (secondary N) is 1. The van der Waals surface area contributed by atoms with Gasteiger partial charge in [-0.15, -0.1) is 0 Å². The van der Waals surface area contributed by atoms with Crippen molar-refractivity contribution in [3.8, 4) is 0 Å². The molecule has 2 saturated heterocycles. The van der Waals surface area contributed by atoms with Crippen molar-refractivity contribution in [2.24, 2.45) is 7.05 Å². The number of carbonyl (C=O) groups excluding carboxylic acids is 2. The molecule has 1 spiro atoms. The van der Waals surface area contributed by atoms with Gasteiger partial charge in [-0.05, 0) is 12.1 Å². The first kappa shape index (κ1) is 18.4. The number of aromatic nitrogens is 3. The Hall–Kier alpha value is -2.98. The predicted octanol–water partition coefficient (Wildman–Crippen LogP) is 0.548. The van der Waals surface area contributed by atoms with Crippen LogP contribution in [0.2, 0.25) is 0 Å². The number of hydrogen-bond acceptors (Lipinski definition) is 6. The van der Waals surface area contributed by atoms with Crippen molar-refractivity contribution < 1.29 is 19.1 Å². The lowest BCUT2D eigenvalue weighted by Crippen LogP contribution is -2.64. The van der Waals surface area contributed by atoms with Crippen LogP contribution in [-0.4, -0.2) is 81.5 Å². The predicted molar refractivity (Wildman–Crippen MR) is 98.6 cm³/mol. The first-order chi connectivity index (χ1) is 13.6. The summed E-state index contributed by atoms with van der Waals surface area (Å²) in [6.07, 6.45) is 6.54. The van der Waals surface area contributed by atoms with Gasteiger partial charge in [0, 0.05) is 38.7 Å². The highest BCUT2D eigenvalue weighted by Gasteiger charge is 2.45. The zero-order valence-electron chi connectivity index (χ0n) is 15.6. The van der Waals surface area contributed by atoms with Crippen molar-refractivity contribution in [2.75, 3.05) is 44.7 Å². The molecule has 2 aromatic rings. The van der Waals surface area contributed by atoms with Gasteiger partial charge < -0.3 is 29.2 Å². The number of anilines is 1. The molecule has 1 unspecified atom stereocenters. The number of aryl methyl sites for hydroxylation is 1. The Bertz CT molecular complexity index is 853. The summed E-state index contributed by atoms with van der Waals surface area (Å²) in [7, 11) is 1.78. The number of ether oxygens (including phenoxy) is 2. The SMILES string of the molecule is Cn1ccnc1C(=O)N1CCOC2(CN(C(=O)Nc3cccnc3)CCO2)C1. The molecule has 1 N–H and O–H groups in total. The van der Waals surface area contributed by atoms with Gasteiger partial charge in [0.2, 0.25) is 5.79 Å². The fraction of sp³-hybridized carbons (Fsp3) is 0.444. The summed E-state index contributed by atoms with van der Waals surface area (Å²) < 4.78 is 13.5. The van der Waals surface area contributed by atoms with Crippen LogP contribution >= 0.6 is 0 Å². The standard InChI is InChI=1S/C18H22N6O4/c1-22-6-5-20-15(22)16(25)23-7-9-27-18(12-23)13-24(8-10-28-18)17(26)21-14-3-2-4-19-11-14/h2-6,11H,7-10,12-13H2,1H3,(H,21,26). The van der Waals surface area contributed by atoms with E-state index in [9.17, 15) is 9.59 Å². The van der Waals surface area contributed by atoms with Gasteiger partial charge in [-0.2, -0.15) is 0 Å². The number of hydrogen-bond donors (Lipinski definition) is 1. The van der Waals surface area contributed by atoms with Crippen LogP contribution in [-0.2, 0) is 16.5 Å². The molecule has 1 atom stereocenters. The average molecular weight is 386 g/mol. The molecule has 0 aromatic carbocycles. The Morgan fingerprint density at radius 1 is 1.14 bits per heavy atom. The maximum Gasteiger partial charge on any atom is 0.322 e. The third-order valence-electron chi connectivity index (χ3n) is 4.82. The molecular formula is C18H22N6O4. The van der Waals surface area contributed by atoms with Gasteiger partial charge in [0.25, 0.3) is 5.91 Å². The third-order valence-corrected chi connectivity index (χ3v) is 4.82. The molecule has 2 fully saturated rings. The van der Waals surface area contributed by atoms with E-state index in [2.05, 4.69) is 15.3 Å². The Morgan fingerprint density at radius 3 is 2.57 bits per heavy atom. The second-order valence-electron chi connectivity index (χ2n) is 6.79. The van der Waals surface area contributed by atoms with Crippen molar-refractivity contribution in [1.82, 2.24) is 24.3 Å². The molecule has 0 saturated carbocycles. The number of imidazole rings is 1. The van der Waals surface area contributed by atoms with Crippen molar-refractivity contribution in [1.29, 1.82) is 0 Å². The van der Waals surface area contributed by atoms with Gasteiger partial charge in [-0.25, -0.2) is 9.78 Å². The molecule has 0 radical (unpaired) electrons. The number of nitrogens with zero attached hydrogens (tertiary/aromatic N) is 5. The molecule has 28 heavy (non-hydrogen) atoms. The second kappa shape index (κ2) is 7.56. The number of urea groups is 1. The summed E-state index contributed by atoms with van der Waals surface area (Å²) in [5.41, 5.74) is 0.615. The lowest BCUT2D eigenvalue weighted by Gasteiger charge is -2.47. The number of morpholine rings is 2. The van der Waals surface area contributed by atoms with Crippen molar-refractivity contribution in [3.63, 3.8) is 0 Å². The van der Waals surface area contributed by atoms with Gasteiger partial charge in [0.15, 0.2) is 5.82 Å². The van der Waals surface area contributed by atoms with Crippen molar-refractivity contribution in [3.05, 3.63) is 42.7 Å². The fourth-order valence-electron chi connectivity index (χ4n) is 3.40. The van der Waals surface area contributed by atoms with E-state index in [1.54, 1.807) is 58.3 Å². The van der Waals surface area contributed by atoms with Crippen LogP contribution in [0.1, 0.15) is 10.6 Å². The first-order valence-corrected chi connectivity index (χ1v) is 9.07. The van der Waals surface area contributed by atoms with Crippen LogP contribution in [0.3, 0.4) is 0 Å². The Labute approximate surface area is 162 Å². The molecule has 4 rings (SSSR count). The first-order valence-electron chi connectivity index (χ1n) is 9.07. The van der Waals surface area contributed by atoms with Gasteiger partial charge in [-0.3, -0.25) is 9.78 Å². The molecule has 10 nitrogen and oxygen atoms in total. The Balaban J connectivity index is 1.44. The third kappa shape index (κ3) is 3.69. The van der Waals surface area contributed by atoms with E-state index in [-0.39, 0.29) is 25.0 Å². The Kier molecular flexibility index (Phi) is 4.97. The van der Waals surface area contributed by atoms with E-state index in [0.717, 1.165) is 0 Å². The lowest BCUT2D eigenvalue weighted by molar-refractivity contribution is -0.281. The maximum absolute atomic E-state index is 12.8. The summed E-state index contributed by atoms with van der Waals surface area (Å²) in [5, 5.41) is 2.82. The number of rotatable bonds is 2. The Morgan fingerprint density at radius 2 is 1.89 bits per heavy atom. The maximum atomic E-state index is 12.8. The molecule has 2 aliphatic rings. The van der Waals surface area contributed by atoms with Crippen molar-refractivity contribution in [2.45, 2.75) is 5.79 Å². The van der Waals surface area contributed by atoms with Crippen molar-refractivity contribution >= 4 is 17.6 Å². The quantitative estimate of drug-likeness (QED) is 0.809. The molecule has 2 aliphatic heterocycles. The van der Waals surface area contributed by atoms with Gasteiger partial charge >= 0.3 is 6.03 Å². The number of pyridine rings is 1. The van der Waals surface area contributed by atoms with Crippen LogP contribution < -0.4 is 5.32 Å². The minimum atomic E-state index is -1.04. The molecule has 4 heterocycles. The summed E-state index contributed by atoms with van der Waals surface area (Å²) >= 11 is 0. The molecule has 148 valence electrons. The van der Waals surface area contributed by atoms with E-state index < -0.39 is 5.79 Å². The number of carbonyl (C=O) groups is 2. The van der Waals surface area contributed by atoms with Gasteiger partial charge in [-0.1, -0.05) is 0 Å². The molecule has 0 aliphatic carbocycles. The van der Waals surface area contributed by atoms with E-state index in [1.807, 2.05) is 0 Å². The highest BCUT2D eigenvalue weighted by atomic mass is 16.7. The minimum Gasteiger partial charge on any atom is -0.345 e. The minimum absolute atomic E-state index is 0.185. The molecule has 3 amide bonds. The molecular weight excluding hydrogens is 364 g/mol. The van der Waals surface area contributed by atoms with Crippen LogP contribution in [0.25, 0.3) is 0 Å². The van der Waals surface area contributed by atoms with Crippen LogP contribution in [0.4, 0.5) is 10.5 Å². The average Bonchev–Trinajstić information content (AvgIpc) is 3.14. The largest absolute Gasteiger partial charge is 0.345 e. The summed E-state index contributed by atoms with van der Waals surface area (Å²) in [6, 6.07) is 3.26. The van der Waals surface area contributed by atoms with Crippen LogP contribution in [0.5, 0.6) is 0 Å². The highest BCUT2D eigenvalue weighted by Crippen LogP contribution is 2.26. The van der Waals surface area contributed by atoms with Gasteiger partial charge in [0.05, 0.1) is 38.2 Å². The zero-order valence-corrected chi connectivity index (χ0v) is 15.6. The summed E-state index contributed by atoms with van der Waals surface area (Å²) in [5.74, 6) is -0.862. The fourth-order valence-corrected chi connectivity index (χ4v) is 3.40. The van der Waals surface area contributed by atoms with E-state index in [0.29, 0.717) is 37.8 Å². The summed E-state index contributed by atoms with van der Waals surface area (Å²) in [6.45, 7) is 1.99. The molecule has 2 aromatic heterocycles. The van der Waals surface area contributed by atoms with E-state index >= 15 is 0 Å². The topological polar surface area (TPSA) is 102 Å².